The molecule has 1 amide bonds. The van der Waals surface area contributed by atoms with Crippen molar-refractivity contribution in [2.24, 2.45) is 0 Å². The number of benzene rings is 1. The minimum Gasteiger partial charge on any atom is -0.497 e. The number of hydrogen-bond donors (Lipinski definition) is 1. The lowest BCUT2D eigenvalue weighted by Gasteiger charge is -2.17. The van der Waals surface area contributed by atoms with Crippen LogP contribution in [0.5, 0.6) is 5.75 Å². The number of fused-ring (bicyclic) bond motifs is 1. The number of carbonyl (C=O) groups is 1. The highest BCUT2D eigenvalue weighted by molar-refractivity contribution is 5.93. The van der Waals surface area contributed by atoms with E-state index in [1.807, 2.05) is 60.7 Å². The largest absolute Gasteiger partial charge is 0.497 e. The van der Waals surface area contributed by atoms with Crippen molar-refractivity contribution in [3.8, 4) is 5.75 Å². The van der Waals surface area contributed by atoms with Gasteiger partial charge in [0.2, 0.25) is 0 Å². The fraction of sp³-hybridized carbons (Fsp3) is 0.263. The zero-order chi connectivity index (χ0) is 17.1. The van der Waals surface area contributed by atoms with Crippen molar-refractivity contribution in [3.63, 3.8) is 0 Å². The number of aryl methyl sites for hydroxylation is 1. The third kappa shape index (κ3) is 3.11. The van der Waals surface area contributed by atoms with Gasteiger partial charge >= 0.3 is 0 Å². The number of methoxy groups -OCH3 is 1. The second-order valence-electron chi connectivity index (χ2n) is 5.73. The summed E-state index contributed by atoms with van der Waals surface area (Å²) in [7, 11) is 1.64. The van der Waals surface area contributed by atoms with Crippen LogP contribution in [0.2, 0.25) is 0 Å². The Hall–Kier alpha value is -2.82. The Morgan fingerprint density at radius 3 is 2.62 bits per heavy atom. The van der Waals surface area contributed by atoms with Gasteiger partial charge in [-0.15, -0.1) is 0 Å². The smallest absolute Gasteiger partial charge is 0.271 e. The van der Waals surface area contributed by atoms with Crippen LogP contribution in [0.15, 0.2) is 48.7 Å². The van der Waals surface area contributed by atoms with Crippen LogP contribution in [0, 0.1) is 6.92 Å². The fourth-order valence-electron chi connectivity index (χ4n) is 2.75. The van der Waals surface area contributed by atoms with Gasteiger partial charge < -0.3 is 14.5 Å². The molecule has 0 bridgehead atoms. The highest BCUT2D eigenvalue weighted by Gasteiger charge is 2.17. The number of carbonyl (C=O) groups excluding carboxylic acids is 1. The van der Waals surface area contributed by atoms with Crippen LogP contribution < -0.4 is 10.1 Å². The summed E-state index contributed by atoms with van der Waals surface area (Å²) < 4.78 is 7.10. The molecule has 0 fully saturated rings. The average Bonchev–Trinajstić information content (AvgIpc) is 3.05. The topological polar surface area (TPSA) is 55.6 Å². The molecule has 1 aromatic carbocycles. The highest BCUT2D eigenvalue weighted by atomic mass is 16.5. The molecule has 0 aliphatic rings. The summed E-state index contributed by atoms with van der Waals surface area (Å²) in [5.74, 6) is 0.636. The van der Waals surface area contributed by atoms with Gasteiger partial charge in [0.25, 0.3) is 5.91 Å². The first-order chi connectivity index (χ1) is 11.6. The molecule has 0 aliphatic carbocycles. The molecule has 5 nitrogen and oxygen atoms in total. The molecule has 1 atom stereocenters. The molecule has 5 heteroatoms. The van der Waals surface area contributed by atoms with Crippen LogP contribution in [-0.2, 0) is 0 Å². The van der Waals surface area contributed by atoms with Crippen molar-refractivity contribution in [1.82, 2.24) is 14.7 Å². The second kappa shape index (κ2) is 6.74. The number of aromatic nitrogens is 2. The van der Waals surface area contributed by atoms with Gasteiger partial charge in [-0.1, -0.05) is 25.1 Å². The maximum Gasteiger partial charge on any atom is 0.271 e. The van der Waals surface area contributed by atoms with Crippen LogP contribution in [0.25, 0.3) is 5.65 Å². The van der Waals surface area contributed by atoms with E-state index in [-0.39, 0.29) is 11.9 Å². The molecule has 1 unspecified atom stereocenters. The second-order valence-corrected chi connectivity index (χ2v) is 5.73. The van der Waals surface area contributed by atoms with E-state index in [2.05, 4.69) is 10.3 Å². The maximum atomic E-state index is 12.6. The number of amides is 1. The minimum absolute atomic E-state index is 0.0608. The van der Waals surface area contributed by atoms with Crippen LogP contribution in [0.1, 0.15) is 41.1 Å². The Morgan fingerprint density at radius 1 is 1.25 bits per heavy atom. The van der Waals surface area contributed by atoms with Gasteiger partial charge in [-0.3, -0.25) is 4.79 Å². The van der Waals surface area contributed by atoms with Crippen LogP contribution in [-0.4, -0.2) is 22.4 Å². The van der Waals surface area contributed by atoms with Crippen molar-refractivity contribution in [2.75, 3.05) is 7.11 Å². The van der Waals surface area contributed by atoms with Crippen molar-refractivity contribution in [3.05, 3.63) is 65.6 Å². The zero-order valence-electron chi connectivity index (χ0n) is 14.1. The zero-order valence-corrected chi connectivity index (χ0v) is 14.1. The molecular weight excluding hydrogens is 302 g/mol. The van der Waals surface area contributed by atoms with Gasteiger partial charge in [-0.25, -0.2) is 4.98 Å². The van der Waals surface area contributed by atoms with Crippen LogP contribution >= 0.6 is 0 Å². The summed E-state index contributed by atoms with van der Waals surface area (Å²) in [6.07, 6.45) is 2.57. The number of hydrogen-bond acceptors (Lipinski definition) is 3. The molecule has 124 valence electrons. The lowest BCUT2D eigenvalue weighted by Crippen LogP contribution is -2.28. The molecule has 0 radical (unpaired) electrons. The lowest BCUT2D eigenvalue weighted by molar-refractivity contribution is 0.0931. The van der Waals surface area contributed by atoms with Gasteiger partial charge in [0.15, 0.2) is 0 Å². The number of imidazole rings is 1. The van der Waals surface area contributed by atoms with Gasteiger partial charge in [0.1, 0.15) is 17.1 Å². The molecule has 3 aromatic rings. The third-order valence-corrected chi connectivity index (χ3v) is 4.16. The number of ether oxygens (including phenoxy) is 1. The Morgan fingerprint density at radius 2 is 2.00 bits per heavy atom. The quantitative estimate of drug-likeness (QED) is 0.781. The number of rotatable bonds is 5. The number of nitrogens with zero attached hydrogens (tertiary/aromatic N) is 2. The molecule has 0 saturated carbocycles. The normalized spacial score (nSPS) is 12.1. The average molecular weight is 323 g/mol. The Balaban J connectivity index is 1.81. The van der Waals surface area contributed by atoms with Gasteiger partial charge in [0.05, 0.1) is 13.2 Å². The summed E-state index contributed by atoms with van der Waals surface area (Å²) in [5, 5.41) is 3.06. The van der Waals surface area contributed by atoms with E-state index >= 15 is 0 Å². The minimum atomic E-state index is -0.166. The predicted octanol–water partition coefficient (Wildman–Crippen LogP) is 3.53. The Kier molecular flexibility index (Phi) is 4.51. The third-order valence-electron chi connectivity index (χ3n) is 4.16. The fourth-order valence-corrected chi connectivity index (χ4v) is 2.75. The first-order valence-corrected chi connectivity index (χ1v) is 8.02. The van der Waals surface area contributed by atoms with Crippen LogP contribution in [0.4, 0.5) is 0 Å². The van der Waals surface area contributed by atoms with E-state index in [4.69, 9.17) is 4.74 Å². The summed E-state index contributed by atoms with van der Waals surface area (Å²) in [6, 6.07) is 13.5. The van der Waals surface area contributed by atoms with Gasteiger partial charge in [0, 0.05) is 11.9 Å². The molecule has 0 spiro atoms. The molecule has 0 saturated heterocycles. The Bertz CT molecular complexity index is 853. The molecule has 0 aliphatic heterocycles. The molecule has 2 heterocycles. The molecule has 3 rings (SSSR count). The van der Waals surface area contributed by atoms with Crippen LogP contribution in [0.3, 0.4) is 0 Å². The molecule has 24 heavy (non-hydrogen) atoms. The number of pyridine rings is 1. The standard InChI is InChI=1S/C19H21N3O2/c1-4-16(14-8-10-15(24-3)11-9-14)21-19(23)17-12-22-13(2)6-5-7-18(22)20-17/h5-12,16H,4H2,1-3H3,(H,21,23). The lowest BCUT2D eigenvalue weighted by atomic mass is 10.0. The van der Waals surface area contributed by atoms with E-state index in [1.54, 1.807) is 13.3 Å². The van der Waals surface area contributed by atoms with Gasteiger partial charge in [-0.2, -0.15) is 0 Å². The van der Waals surface area contributed by atoms with E-state index < -0.39 is 0 Å². The Labute approximate surface area is 141 Å². The highest BCUT2D eigenvalue weighted by Crippen LogP contribution is 2.20. The first kappa shape index (κ1) is 16.1. The van der Waals surface area contributed by atoms with Gasteiger partial charge in [-0.05, 0) is 43.2 Å². The van der Waals surface area contributed by atoms with Crippen molar-refractivity contribution in [2.45, 2.75) is 26.3 Å². The van der Waals surface area contributed by atoms with Crippen molar-refractivity contribution >= 4 is 11.6 Å². The SMILES string of the molecule is CCC(NC(=O)c1cn2c(C)cccc2n1)c1ccc(OC)cc1. The van der Waals surface area contributed by atoms with E-state index in [0.29, 0.717) is 5.69 Å². The summed E-state index contributed by atoms with van der Waals surface area (Å²) >= 11 is 0. The summed E-state index contributed by atoms with van der Waals surface area (Å²) in [6.45, 7) is 4.03. The molecule has 2 aromatic heterocycles. The summed E-state index contributed by atoms with van der Waals surface area (Å²) in [4.78, 5) is 17.0. The molecule has 1 N–H and O–H groups in total. The van der Waals surface area contributed by atoms with E-state index in [1.165, 1.54) is 0 Å². The van der Waals surface area contributed by atoms with Crippen molar-refractivity contribution < 1.29 is 9.53 Å². The van der Waals surface area contributed by atoms with E-state index in [0.717, 1.165) is 29.1 Å². The predicted molar refractivity (Wildman–Crippen MR) is 93.4 cm³/mol. The summed E-state index contributed by atoms with van der Waals surface area (Å²) in [5.41, 5.74) is 3.29. The monoisotopic (exact) mass is 323 g/mol. The van der Waals surface area contributed by atoms with Crippen molar-refractivity contribution in [1.29, 1.82) is 0 Å². The first-order valence-electron chi connectivity index (χ1n) is 8.02. The molecular formula is C19H21N3O2. The maximum absolute atomic E-state index is 12.6. The van der Waals surface area contributed by atoms with E-state index in [9.17, 15) is 4.79 Å². The number of nitrogens with one attached hydrogen (secondary N) is 1.